The molecule has 18 heavy (non-hydrogen) atoms. The van der Waals surface area contributed by atoms with E-state index in [9.17, 15) is 0 Å². The average Bonchev–Trinajstić information content (AvgIpc) is 2.27. The van der Waals surface area contributed by atoms with Crippen molar-refractivity contribution in [2.75, 3.05) is 13.1 Å². The first-order valence-electron chi connectivity index (χ1n) is 7.60. The van der Waals surface area contributed by atoms with Gasteiger partial charge in [-0.2, -0.15) is 0 Å². The molecule has 0 unspecified atom stereocenters. The normalized spacial score (nSPS) is 12.3. The number of rotatable bonds is 8. The van der Waals surface area contributed by atoms with Gasteiger partial charge in [-0.3, -0.25) is 4.99 Å². The number of aliphatic imine (C=N–C) groups is 1. The van der Waals surface area contributed by atoms with Gasteiger partial charge in [0.25, 0.3) is 0 Å². The summed E-state index contributed by atoms with van der Waals surface area (Å²) in [6.45, 7) is 15.3. The van der Waals surface area contributed by atoms with Crippen LogP contribution in [0.25, 0.3) is 0 Å². The molecule has 0 atom stereocenters. The van der Waals surface area contributed by atoms with E-state index in [1.165, 1.54) is 25.7 Å². The molecule has 0 saturated carbocycles. The van der Waals surface area contributed by atoms with Gasteiger partial charge in [-0.1, -0.05) is 26.7 Å². The van der Waals surface area contributed by atoms with Crippen LogP contribution >= 0.6 is 0 Å². The van der Waals surface area contributed by atoms with Gasteiger partial charge in [-0.25, -0.2) is 0 Å². The van der Waals surface area contributed by atoms with Crippen LogP contribution in [0.1, 0.15) is 68.7 Å². The van der Waals surface area contributed by atoms with E-state index in [-0.39, 0.29) is 1.43 Å². The van der Waals surface area contributed by atoms with E-state index in [4.69, 9.17) is 4.99 Å². The van der Waals surface area contributed by atoms with Crippen molar-refractivity contribution in [2.45, 2.75) is 79.3 Å². The third-order valence-corrected chi connectivity index (χ3v) is 2.66. The number of guanidine groups is 1. The van der Waals surface area contributed by atoms with Crippen molar-refractivity contribution in [1.82, 2.24) is 10.2 Å². The zero-order valence-electron chi connectivity index (χ0n) is 13.3. The zero-order valence-corrected chi connectivity index (χ0v) is 13.3. The first-order chi connectivity index (χ1) is 8.51. The molecule has 0 saturated heterocycles. The fourth-order valence-electron chi connectivity index (χ4n) is 1.73. The van der Waals surface area contributed by atoms with Crippen molar-refractivity contribution in [1.29, 1.82) is 0 Å². The Kier molecular flexibility index (Phi) is 9.80. The molecule has 1 N–H and O–H groups in total. The number of nitrogens with zero attached hydrogens (tertiary/aromatic N) is 2. The van der Waals surface area contributed by atoms with Crippen LogP contribution in [0.15, 0.2) is 4.99 Å². The highest BCUT2D eigenvalue weighted by atomic mass is 15.3. The van der Waals surface area contributed by atoms with E-state index in [0.29, 0.717) is 12.1 Å². The summed E-state index contributed by atoms with van der Waals surface area (Å²) in [5.41, 5.74) is 0. The lowest BCUT2D eigenvalue weighted by molar-refractivity contribution is 0.378. The molecule has 0 amide bonds. The molecule has 110 valence electrons. The predicted octanol–water partition coefficient (Wildman–Crippen LogP) is 3.90. The molecule has 0 heterocycles. The molecule has 0 bridgehead atoms. The molecule has 0 aliphatic heterocycles. The van der Waals surface area contributed by atoms with Gasteiger partial charge in [0.1, 0.15) is 0 Å². The van der Waals surface area contributed by atoms with Crippen molar-refractivity contribution < 1.29 is 1.43 Å². The van der Waals surface area contributed by atoms with E-state index in [1.807, 2.05) is 0 Å². The summed E-state index contributed by atoms with van der Waals surface area (Å²) in [7, 11) is 0. The summed E-state index contributed by atoms with van der Waals surface area (Å²) in [6, 6.07) is 0.783. The van der Waals surface area contributed by atoms with Crippen molar-refractivity contribution in [3.05, 3.63) is 0 Å². The van der Waals surface area contributed by atoms with Gasteiger partial charge in [0, 0.05) is 26.6 Å². The Hall–Kier alpha value is -0.730. The molecule has 0 fully saturated rings. The molecule has 0 radical (unpaired) electrons. The third-order valence-electron chi connectivity index (χ3n) is 2.66. The number of hydrogen-bond donors (Lipinski definition) is 1. The second-order valence-electron chi connectivity index (χ2n) is 5.54. The monoisotopic (exact) mass is 257 g/mol. The quantitative estimate of drug-likeness (QED) is 0.527. The standard InChI is InChI=1S/C15H33N3.H2/c1-7-9-11-18(12-10-8-2)15(16-13(3)4)17-14(5)6;/h13-14H,7-12H2,1-6H3,(H,16,17);1H. The highest BCUT2D eigenvalue weighted by Gasteiger charge is 2.12. The van der Waals surface area contributed by atoms with E-state index < -0.39 is 0 Å². The van der Waals surface area contributed by atoms with Crippen molar-refractivity contribution >= 4 is 5.96 Å². The first-order valence-corrected chi connectivity index (χ1v) is 7.60. The van der Waals surface area contributed by atoms with Gasteiger partial charge in [0.2, 0.25) is 0 Å². The van der Waals surface area contributed by atoms with E-state index >= 15 is 0 Å². The Labute approximate surface area is 116 Å². The maximum absolute atomic E-state index is 4.75. The molecule has 0 aliphatic carbocycles. The van der Waals surface area contributed by atoms with Crippen LogP contribution < -0.4 is 5.32 Å². The Bertz CT molecular complexity index is 219. The molecule has 3 heteroatoms. The summed E-state index contributed by atoms with van der Waals surface area (Å²) in [4.78, 5) is 7.18. The Morgan fingerprint density at radius 3 is 1.89 bits per heavy atom. The lowest BCUT2D eigenvalue weighted by atomic mass is 10.2. The van der Waals surface area contributed by atoms with Crippen molar-refractivity contribution in [3.8, 4) is 0 Å². The van der Waals surface area contributed by atoms with Crippen LogP contribution in [0.3, 0.4) is 0 Å². The molecule has 0 aliphatic rings. The number of hydrogen-bond acceptors (Lipinski definition) is 1. The fraction of sp³-hybridized carbons (Fsp3) is 0.933. The Morgan fingerprint density at radius 1 is 1.06 bits per heavy atom. The summed E-state index contributed by atoms with van der Waals surface area (Å²) in [5.74, 6) is 1.09. The SMILES string of the molecule is CCCCN(CCCC)C(=NC(C)C)NC(C)C.[HH]. The average molecular weight is 257 g/mol. The summed E-state index contributed by atoms with van der Waals surface area (Å²) in [5, 5.41) is 3.50. The third kappa shape index (κ3) is 8.37. The second kappa shape index (κ2) is 10.2. The maximum atomic E-state index is 4.75. The molecular weight excluding hydrogens is 222 g/mol. The molecule has 0 rings (SSSR count). The Morgan fingerprint density at radius 2 is 1.56 bits per heavy atom. The minimum Gasteiger partial charge on any atom is -0.354 e. The van der Waals surface area contributed by atoms with Crippen LogP contribution in [-0.4, -0.2) is 36.0 Å². The second-order valence-corrected chi connectivity index (χ2v) is 5.54. The summed E-state index contributed by atoms with van der Waals surface area (Å²) < 4.78 is 0. The number of unbranched alkanes of at least 4 members (excludes halogenated alkanes) is 2. The van der Waals surface area contributed by atoms with Gasteiger partial charge >= 0.3 is 0 Å². The fourth-order valence-corrected chi connectivity index (χ4v) is 1.73. The highest BCUT2D eigenvalue weighted by Crippen LogP contribution is 2.02. The molecule has 3 nitrogen and oxygen atoms in total. The predicted molar refractivity (Wildman–Crippen MR) is 84.3 cm³/mol. The smallest absolute Gasteiger partial charge is 0.194 e. The topological polar surface area (TPSA) is 27.6 Å². The highest BCUT2D eigenvalue weighted by molar-refractivity contribution is 5.80. The van der Waals surface area contributed by atoms with Gasteiger partial charge in [0.05, 0.1) is 0 Å². The van der Waals surface area contributed by atoms with E-state index in [1.54, 1.807) is 0 Å². The van der Waals surface area contributed by atoms with Gasteiger partial charge in [-0.15, -0.1) is 0 Å². The van der Waals surface area contributed by atoms with Crippen LogP contribution in [0.2, 0.25) is 0 Å². The Balaban J connectivity index is 0. The lowest BCUT2D eigenvalue weighted by Gasteiger charge is -2.28. The molecule has 0 aromatic heterocycles. The summed E-state index contributed by atoms with van der Waals surface area (Å²) in [6.07, 6.45) is 4.94. The number of nitrogens with one attached hydrogen (secondary N) is 1. The first kappa shape index (κ1) is 17.3. The van der Waals surface area contributed by atoms with Crippen molar-refractivity contribution in [2.24, 2.45) is 4.99 Å². The van der Waals surface area contributed by atoms with E-state index in [2.05, 4.69) is 51.8 Å². The van der Waals surface area contributed by atoms with Crippen LogP contribution in [-0.2, 0) is 0 Å². The van der Waals surface area contributed by atoms with Crippen molar-refractivity contribution in [3.63, 3.8) is 0 Å². The lowest BCUT2D eigenvalue weighted by Crippen LogP contribution is -2.45. The summed E-state index contributed by atoms with van der Waals surface area (Å²) >= 11 is 0. The minimum atomic E-state index is 0. The van der Waals surface area contributed by atoms with Gasteiger partial charge in [0.15, 0.2) is 5.96 Å². The van der Waals surface area contributed by atoms with E-state index in [0.717, 1.165) is 19.0 Å². The largest absolute Gasteiger partial charge is 0.354 e. The van der Waals surface area contributed by atoms with Crippen LogP contribution in [0, 0.1) is 0 Å². The maximum Gasteiger partial charge on any atom is 0.194 e. The van der Waals surface area contributed by atoms with Gasteiger partial charge in [-0.05, 0) is 40.5 Å². The zero-order chi connectivity index (χ0) is 14.0. The van der Waals surface area contributed by atoms with Crippen LogP contribution in [0.5, 0.6) is 0 Å². The minimum absolute atomic E-state index is 0. The molecule has 0 aromatic rings. The molecule has 0 aromatic carbocycles. The molecule has 0 spiro atoms. The molecular formula is C15H35N3. The van der Waals surface area contributed by atoms with Crippen LogP contribution in [0.4, 0.5) is 0 Å². The van der Waals surface area contributed by atoms with Gasteiger partial charge < -0.3 is 10.2 Å².